The summed E-state index contributed by atoms with van der Waals surface area (Å²) in [4.78, 5) is 41.9. The van der Waals surface area contributed by atoms with E-state index in [1.165, 1.54) is 7.11 Å². The van der Waals surface area contributed by atoms with Gasteiger partial charge >= 0.3 is 12.1 Å². The molecular weight excluding hydrogens is 483 g/mol. The first-order chi connectivity index (χ1) is 17.1. The van der Waals surface area contributed by atoms with Crippen molar-refractivity contribution in [1.82, 2.24) is 10.3 Å². The largest absolute Gasteiger partial charge is 0.492 e. The van der Waals surface area contributed by atoms with Gasteiger partial charge in [0, 0.05) is 41.8 Å². The van der Waals surface area contributed by atoms with Gasteiger partial charge in [-0.15, -0.1) is 0 Å². The Morgan fingerprint density at radius 2 is 1.95 bits per heavy atom. The number of rotatable bonds is 5. The SMILES string of the molecule is COc1c(N2CCC(NC(=O)OC(C)(C)C)C(C)(C)C2)c(F)c(C2(N)CC2)c2c(=O)c(C(=O)O)c[nH]c12. The van der Waals surface area contributed by atoms with Crippen molar-refractivity contribution in [2.24, 2.45) is 11.1 Å². The van der Waals surface area contributed by atoms with Crippen molar-refractivity contribution >= 4 is 28.7 Å². The van der Waals surface area contributed by atoms with Gasteiger partial charge in [0.2, 0.25) is 5.43 Å². The number of amides is 1. The number of anilines is 1. The van der Waals surface area contributed by atoms with Gasteiger partial charge in [-0.3, -0.25) is 4.79 Å². The molecule has 0 radical (unpaired) electrons. The molecule has 2 aromatic rings. The second-order valence-electron chi connectivity index (χ2n) is 11.7. The van der Waals surface area contributed by atoms with Crippen molar-refractivity contribution in [3.8, 4) is 5.75 Å². The number of nitrogens with one attached hydrogen (secondary N) is 2. The van der Waals surface area contributed by atoms with Crippen molar-refractivity contribution in [3.63, 3.8) is 0 Å². The predicted octanol–water partition coefficient (Wildman–Crippen LogP) is 3.45. The number of nitrogens with zero attached hydrogens (tertiary/aromatic N) is 1. The highest BCUT2D eigenvalue weighted by Crippen LogP contribution is 2.51. The van der Waals surface area contributed by atoms with Crippen molar-refractivity contribution in [3.05, 3.63) is 33.4 Å². The van der Waals surface area contributed by atoms with Crippen LogP contribution in [0.3, 0.4) is 0 Å². The van der Waals surface area contributed by atoms with Gasteiger partial charge in [-0.2, -0.15) is 0 Å². The Morgan fingerprint density at radius 3 is 2.46 bits per heavy atom. The summed E-state index contributed by atoms with van der Waals surface area (Å²) < 4.78 is 27.5. The van der Waals surface area contributed by atoms with E-state index in [1.54, 1.807) is 20.8 Å². The Labute approximate surface area is 214 Å². The highest BCUT2D eigenvalue weighted by atomic mass is 19.1. The van der Waals surface area contributed by atoms with Crippen LogP contribution in [0.4, 0.5) is 14.9 Å². The maximum absolute atomic E-state index is 16.4. The van der Waals surface area contributed by atoms with E-state index in [9.17, 15) is 19.5 Å². The lowest BCUT2D eigenvalue weighted by atomic mass is 9.78. The number of carbonyl (C=O) groups is 2. The summed E-state index contributed by atoms with van der Waals surface area (Å²) in [6.07, 6.45) is 2.02. The number of carboxylic acid groups (broad SMARTS) is 1. The molecule has 1 aromatic carbocycles. The highest BCUT2D eigenvalue weighted by molar-refractivity contribution is 5.99. The summed E-state index contributed by atoms with van der Waals surface area (Å²) in [5.41, 5.74) is 3.31. The van der Waals surface area contributed by atoms with Gasteiger partial charge in [0.05, 0.1) is 18.0 Å². The minimum absolute atomic E-state index is 0.00876. The van der Waals surface area contributed by atoms with E-state index < -0.39 is 45.4 Å². The number of ether oxygens (including phenoxy) is 2. The van der Waals surface area contributed by atoms with Crippen molar-refractivity contribution < 1.29 is 28.6 Å². The van der Waals surface area contributed by atoms with Crippen LogP contribution in [-0.2, 0) is 10.3 Å². The number of aromatic nitrogens is 1. The Bertz CT molecular complexity index is 1330. The summed E-state index contributed by atoms with van der Waals surface area (Å²) in [6, 6.07) is -0.227. The van der Waals surface area contributed by atoms with Crippen LogP contribution >= 0.6 is 0 Å². The van der Waals surface area contributed by atoms with Crippen LogP contribution in [0.25, 0.3) is 10.9 Å². The number of carboxylic acids is 1. The molecule has 1 aliphatic carbocycles. The molecule has 2 heterocycles. The molecule has 11 heteroatoms. The first-order valence-corrected chi connectivity index (χ1v) is 12.3. The molecule has 1 saturated carbocycles. The summed E-state index contributed by atoms with van der Waals surface area (Å²) in [5, 5.41) is 12.3. The molecule has 0 spiro atoms. The predicted molar refractivity (Wildman–Crippen MR) is 137 cm³/mol. The van der Waals surface area contributed by atoms with Crippen LogP contribution in [0.1, 0.15) is 69.8 Å². The van der Waals surface area contributed by atoms with Gasteiger partial charge in [0.1, 0.15) is 16.9 Å². The van der Waals surface area contributed by atoms with Gasteiger partial charge in [-0.25, -0.2) is 14.0 Å². The topological polar surface area (TPSA) is 147 Å². The lowest BCUT2D eigenvalue weighted by Crippen LogP contribution is -2.56. The van der Waals surface area contributed by atoms with Crippen molar-refractivity contribution in [2.75, 3.05) is 25.1 Å². The molecule has 5 N–H and O–H groups in total. The molecule has 202 valence electrons. The maximum Gasteiger partial charge on any atom is 0.407 e. The van der Waals surface area contributed by atoms with Gasteiger partial charge in [0.25, 0.3) is 0 Å². The Balaban J connectivity index is 1.80. The minimum atomic E-state index is -1.42. The molecule has 1 atom stereocenters. The molecule has 1 saturated heterocycles. The number of H-pyrrole nitrogens is 1. The van der Waals surface area contributed by atoms with Gasteiger partial charge in [-0.1, -0.05) is 13.8 Å². The number of pyridine rings is 1. The number of nitrogens with two attached hydrogens (primary N) is 1. The first-order valence-electron chi connectivity index (χ1n) is 12.3. The monoisotopic (exact) mass is 518 g/mol. The second-order valence-corrected chi connectivity index (χ2v) is 11.7. The Morgan fingerprint density at radius 1 is 1.30 bits per heavy atom. The minimum Gasteiger partial charge on any atom is -0.492 e. The smallest absolute Gasteiger partial charge is 0.407 e. The first kappa shape index (κ1) is 26.7. The zero-order valence-electron chi connectivity index (χ0n) is 22.1. The van der Waals surface area contributed by atoms with Crippen molar-refractivity contribution in [2.45, 2.75) is 71.1 Å². The molecule has 1 aliphatic heterocycles. The zero-order chi connectivity index (χ0) is 27.5. The standard InChI is InChI=1S/C26H35FN4O6/c1-24(2,3)37-23(35)30-14-7-10-31(12-25(14,4)5)19-17(27)16(26(28)8-9-26)15-18(21(19)36-6)29-11-13(20(15)32)22(33)34/h11,14H,7-10,12,28H2,1-6H3,(H,29,32)(H,30,35)(H,33,34). The summed E-state index contributed by atoms with van der Waals surface area (Å²) in [7, 11) is 1.37. The molecule has 4 rings (SSSR count). The molecule has 2 fully saturated rings. The molecule has 10 nitrogen and oxygen atoms in total. The lowest BCUT2D eigenvalue weighted by Gasteiger charge is -2.46. The quantitative estimate of drug-likeness (QED) is 0.471. The molecule has 0 bridgehead atoms. The summed E-state index contributed by atoms with van der Waals surface area (Å²) in [5.74, 6) is -2.00. The normalized spacial score (nSPS) is 20.4. The number of fused-ring (bicyclic) bond motifs is 1. The van der Waals surface area contributed by atoms with E-state index >= 15 is 4.39 Å². The van der Waals surface area contributed by atoms with Crippen LogP contribution in [0.2, 0.25) is 0 Å². The van der Waals surface area contributed by atoms with Gasteiger partial charge in [0.15, 0.2) is 11.6 Å². The Hall–Kier alpha value is -3.34. The van der Waals surface area contributed by atoms with Crippen LogP contribution in [0.5, 0.6) is 5.75 Å². The number of hydrogen-bond donors (Lipinski definition) is 4. The van der Waals surface area contributed by atoms with Gasteiger partial charge < -0.3 is 35.5 Å². The fraction of sp³-hybridized carbons (Fsp3) is 0.577. The van der Waals surface area contributed by atoms with E-state index in [4.69, 9.17) is 15.2 Å². The van der Waals surface area contributed by atoms with Crippen LogP contribution < -0.4 is 26.1 Å². The lowest BCUT2D eigenvalue weighted by molar-refractivity contribution is 0.0442. The molecule has 1 aromatic heterocycles. The summed E-state index contributed by atoms with van der Waals surface area (Å²) >= 11 is 0. The average Bonchev–Trinajstić information content (AvgIpc) is 3.51. The van der Waals surface area contributed by atoms with E-state index in [0.29, 0.717) is 32.4 Å². The highest BCUT2D eigenvalue weighted by Gasteiger charge is 2.47. The van der Waals surface area contributed by atoms with Gasteiger partial charge in [-0.05, 0) is 40.0 Å². The number of benzene rings is 1. The van der Waals surface area contributed by atoms with E-state index in [-0.39, 0.29) is 33.9 Å². The third-order valence-electron chi connectivity index (χ3n) is 7.16. The van der Waals surface area contributed by atoms with E-state index in [1.807, 2.05) is 18.7 Å². The average molecular weight is 519 g/mol. The number of aromatic carboxylic acids is 1. The van der Waals surface area contributed by atoms with Crippen LogP contribution in [-0.4, -0.2) is 54.0 Å². The molecular formula is C26H35FN4O6. The third-order valence-corrected chi connectivity index (χ3v) is 7.16. The zero-order valence-corrected chi connectivity index (χ0v) is 22.1. The van der Waals surface area contributed by atoms with Crippen LogP contribution in [0.15, 0.2) is 11.0 Å². The number of hydrogen-bond acceptors (Lipinski definition) is 7. The number of halogens is 1. The van der Waals surface area contributed by atoms with Crippen LogP contribution in [0, 0.1) is 11.2 Å². The van der Waals surface area contributed by atoms with E-state index in [2.05, 4.69) is 10.3 Å². The number of alkyl carbamates (subject to hydrolysis) is 1. The fourth-order valence-electron chi connectivity index (χ4n) is 5.15. The number of aromatic amines is 1. The molecule has 37 heavy (non-hydrogen) atoms. The Kier molecular flexibility index (Phi) is 6.42. The molecule has 2 aliphatic rings. The molecule has 1 unspecified atom stereocenters. The number of carbonyl (C=O) groups excluding carboxylic acids is 1. The fourth-order valence-corrected chi connectivity index (χ4v) is 5.15. The second kappa shape index (κ2) is 8.90. The van der Waals surface area contributed by atoms with E-state index in [0.717, 1.165) is 6.20 Å². The number of methoxy groups -OCH3 is 1. The molecule has 1 amide bonds. The number of piperidine rings is 1. The maximum atomic E-state index is 16.4. The summed E-state index contributed by atoms with van der Waals surface area (Å²) in [6.45, 7) is 10.1. The van der Waals surface area contributed by atoms with Crippen molar-refractivity contribution in [1.29, 1.82) is 0 Å². The third kappa shape index (κ3) is 4.84.